The lowest BCUT2D eigenvalue weighted by molar-refractivity contribution is -0.150. The van der Waals surface area contributed by atoms with E-state index in [-0.39, 0.29) is 24.0 Å². The van der Waals surface area contributed by atoms with E-state index in [1.165, 1.54) is 11.3 Å². The van der Waals surface area contributed by atoms with Crippen molar-refractivity contribution in [2.45, 2.75) is 53.8 Å². The van der Waals surface area contributed by atoms with Crippen molar-refractivity contribution in [3.05, 3.63) is 46.2 Å². The standard InChI is InChI=1S/C22H30N4O4S/c1-14(2)18(23)20(29)30-13-26-10-11-31-21(26)25-19(28)15-6-8-16(9-7-15)24-17(27)12-22(3,4)5/h6-11,14,18H,12-13,23H2,1-5H3,(H,24,27). The van der Waals surface area contributed by atoms with E-state index in [1.54, 1.807) is 40.4 Å². The van der Waals surface area contributed by atoms with Crippen LogP contribution in [0.5, 0.6) is 0 Å². The van der Waals surface area contributed by atoms with Crippen molar-refractivity contribution in [1.82, 2.24) is 4.57 Å². The molecule has 9 heteroatoms. The zero-order valence-electron chi connectivity index (χ0n) is 18.5. The highest BCUT2D eigenvalue weighted by molar-refractivity contribution is 7.07. The number of nitrogens with zero attached hydrogens (tertiary/aromatic N) is 2. The van der Waals surface area contributed by atoms with Crippen molar-refractivity contribution in [1.29, 1.82) is 0 Å². The number of nitrogens with one attached hydrogen (secondary N) is 1. The third kappa shape index (κ3) is 7.76. The molecule has 0 saturated carbocycles. The molecule has 0 spiro atoms. The van der Waals surface area contributed by atoms with Gasteiger partial charge >= 0.3 is 5.97 Å². The van der Waals surface area contributed by atoms with Crippen LogP contribution >= 0.6 is 11.3 Å². The molecule has 0 radical (unpaired) electrons. The van der Waals surface area contributed by atoms with Crippen LogP contribution in [0, 0.1) is 11.3 Å². The number of aromatic nitrogens is 1. The molecule has 2 amide bonds. The zero-order chi connectivity index (χ0) is 23.2. The molecule has 168 valence electrons. The van der Waals surface area contributed by atoms with Gasteiger partial charge in [0.25, 0.3) is 5.91 Å². The first-order valence-corrected chi connectivity index (χ1v) is 10.9. The molecule has 0 saturated heterocycles. The van der Waals surface area contributed by atoms with Gasteiger partial charge in [0.2, 0.25) is 5.91 Å². The maximum atomic E-state index is 12.5. The summed E-state index contributed by atoms with van der Waals surface area (Å²) in [7, 11) is 0. The molecule has 1 atom stereocenters. The van der Waals surface area contributed by atoms with Crippen molar-refractivity contribution in [2.75, 3.05) is 5.32 Å². The van der Waals surface area contributed by atoms with Crippen LogP contribution in [0.3, 0.4) is 0 Å². The Labute approximate surface area is 186 Å². The van der Waals surface area contributed by atoms with Crippen LogP contribution < -0.4 is 15.9 Å². The lowest BCUT2D eigenvalue weighted by Gasteiger charge is -2.17. The van der Waals surface area contributed by atoms with Gasteiger partial charge in [-0.3, -0.25) is 19.0 Å². The summed E-state index contributed by atoms with van der Waals surface area (Å²) < 4.78 is 6.78. The van der Waals surface area contributed by atoms with Gasteiger partial charge in [0, 0.05) is 29.2 Å². The fourth-order valence-electron chi connectivity index (χ4n) is 2.52. The lowest BCUT2D eigenvalue weighted by Crippen LogP contribution is -2.37. The fraction of sp³-hybridized carbons (Fsp3) is 0.455. The minimum atomic E-state index is -0.705. The number of ether oxygens (including phenoxy) is 1. The summed E-state index contributed by atoms with van der Waals surface area (Å²) >= 11 is 1.25. The highest BCUT2D eigenvalue weighted by Gasteiger charge is 2.19. The molecule has 0 fully saturated rings. The largest absolute Gasteiger partial charge is 0.443 e. The van der Waals surface area contributed by atoms with Crippen LogP contribution in [-0.4, -0.2) is 28.4 Å². The number of carbonyl (C=O) groups is 3. The second-order valence-electron chi connectivity index (χ2n) is 8.80. The number of esters is 1. The van der Waals surface area contributed by atoms with E-state index in [1.807, 2.05) is 34.6 Å². The first-order valence-electron chi connectivity index (χ1n) is 10.0. The Morgan fingerprint density at radius 3 is 2.42 bits per heavy atom. The number of nitrogens with two attached hydrogens (primary N) is 1. The van der Waals surface area contributed by atoms with Gasteiger partial charge in [0.1, 0.15) is 6.04 Å². The molecule has 1 heterocycles. The molecule has 0 aliphatic rings. The minimum Gasteiger partial charge on any atom is -0.443 e. The number of benzene rings is 1. The minimum absolute atomic E-state index is 0.0353. The second kappa shape index (κ2) is 10.5. The van der Waals surface area contributed by atoms with Gasteiger partial charge < -0.3 is 15.8 Å². The monoisotopic (exact) mass is 446 g/mol. The third-order valence-corrected chi connectivity index (χ3v) is 5.09. The Kier molecular flexibility index (Phi) is 8.29. The van der Waals surface area contributed by atoms with Gasteiger partial charge in [-0.1, -0.05) is 34.6 Å². The van der Waals surface area contributed by atoms with Gasteiger partial charge in [-0.2, -0.15) is 4.99 Å². The first kappa shape index (κ1) is 24.5. The number of hydrogen-bond donors (Lipinski definition) is 2. The second-order valence-corrected chi connectivity index (χ2v) is 9.67. The van der Waals surface area contributed by atoms with E-state index in [0.29, 0.717) is 22.5 Å². The summed E-state index contributed by atoms with van der Waals surface area (Å²) in [6.45, 7) is 9.58. The van der Waals surface area contributed by atoms with Crippen molar-refractivity contribution < 1.29 is 19.1 Å². The van der Waals surface area contributed by atoms with Crippen LogP contribution in [0.25, 0.3) is 0 Å². The molecular formula is C22H30N4O4S. The van der Waals surface area contributed by atoms with Crippen LogP contribution in [0.1, 0.15) is 51.4 Å². The molecule has 1 aromatic carbocycles. The normalized spacial score (nSPS) is 13.2. The molecule has 2 aromatic rings. The number of carbonyl (C=O) groups excluding carboxylic acids is 3. The predicted octanol–water partition coefficient (Wildman–Crippen LogP) is 3.15. The SMILES string of the molecule is CC(C)C(N)C(=O)OCn1ccsc1=NC(=O)c1ccc(NC(=O)CC(C)(C)C)cc1. The Balaban J connectivity index is 2.04. The van der Waals surface area contributed by atoms with Crippen molar-refractivity contribution >= 4 is 34.8 Å². The summed E-state index contributed by atoms with van der Waals surface area (Å²) in [5, 5.41) is 4.57. The predicted molar refractivity (Wildman–Crippen MR) is 120 cm³/mol. The van der Waals surface area contributed by atoms with Gasteiger partial charge in [-0.15, -0.1) is 11.3 Å². The van der Waals surface area contributed by atoms with Gasteiger partial charge in [-0.25, -0.2) is 0 Å². The highest BCUT2D eigenvalue weighted by Crippen LogP contribution is 2.20. The fourth-order valence-corrected chi connectivity index (χ4v) is 3.24. The molecule has 31 heavy (non-hydrogen) atoms. The number of amides is 2. The molecule has 0 bridgehead atoms. The van der Waals surface area contributed by atoms with E-state index < -0.39 is 17.9 Å². The van der Waals surface area contributed by atoms with Crippen LogP contribution in [0.15, 0.2) is 40.8 Å². The van der Waals surface area contributed by atoms with Crippen LogP contribution in [0.2, 0.25) is 0 Å². The van der Waals surface area contributed by atoms with E-state index in [4.69, 9.17) is 10.5 Å². The average Bonchev–Trinajstić information content (AvgIpc) is 3.11. The van der Waals surface area contributed by atoms with E-state index in [9.17, 15) is 14.4 Å². The quantitative estimate of drug-likeness (QED) is 0.634. The molecule has 0 aliphatic heterocycles. The van der Waals surface area contributed by atoms with E-state index >= 15 is 0 Å². The van der Waals surface area contributed by atoms with Crippen LogP contribution in [-0.2, 0) is 21.1 Å². The smallest absolute Gasteiger partial charge is 0.324 e. The topological polar surface area (TPSA) is 116 Å². The van der Waals surface area contributed by atoms with Gasteiger partial charge in [0.15, 0.2) is 11.5 Å². The summed E-state index contributed by atoms with van der Waals surface area (Å²) in [5.41, 5.74) is 6.67. The maximum absolute atomic E-state index is 12.5. The molecule has 2 rings (SSSR count). The number of rotatable bonds is 7. The van der Waals surface area contributed by atoms with Crippen molar-refractivity contribution in [3.63, 3.8) is 0 Å². The summed E-state index contributed by atoms with van der Waals surface area (Å²) in [4.78, 5) is 41.0. The first-order chi connectivity index (χ1) is 14.5. The summed E-state index contributed by atoms with van der Waals surface area (Å²) in [6, 6.07) is 5.85. The Morgan fingerprint density at radius 1 is 1.19 bits per heavy atom. The number of thiazole rings is 1. The van der Waals surface area contributed by atoms with Gasteiger partial charge in [-0.05, 0) is 35.6 Å². The summed E-state index contributed by atoms with van der Waals surface area (Å²) in [5.74, 6) is -1.06. The zero-order valence-corrected chi connectivity index (χ0v) is 19.4. The molecular weight excluding hydrogens is 416 g/mol. The summed E-state index contributed by atoms with van der Waals surface area (Å²) in [6.07, 6.45) is 2.08. The molecule has 8 nitrogen and oxygen atoms in total. The Morgan fingerprint density at radius 2 is 1.84 bits per heavy atom. The van der Waals surface area contributed by atoms with Gasteiger partial charge in [0.05, 0.1) is 0 Å². The molecule has 0 aliphatic carbocycles. The Hall–Kier alpha value is -2.78. The van der Waals surface area contributed by atoms with E-state index in [0.717, 1.165) is 0 Å². The molecule has 1 aromatic heterocycles. The van der Waals surface area contributed by atoms with E-state index in [2.05, 4.69) is 10.3 Å². The Bertz CT molecular complexity index is 984. The highest BCUT2D eigenvalue weighted by atomic mass is 32.1. The number of hydrogen-bond acceptors (Lipinski definition) is 6. The molecule has 1 unspecified atom stereocenters. The average molecular weight is 447 g/mol. The lowest BCUT2D eigenvalue weighted by atomic mass is 9.92. The maximum Gasteiger partial charge on any atom is 0.324 e. The van der Waals surface area contributed by atoms with Crippen molar-refractivity contribution in [3.8, 4) is 0 Å². The van der Waals surface area contributed by atoms with Crippen LogP contribution in [0.4, 0.5) is 5.69 Å². The van der Waals surface area contributed by atoms with Crippen molar-refractivity contribution in [2.24, 2.45) is 22.1 Å². The number of anilines is 1. The third-order valence-electron chi connectivity index (χ3n) is 4.30. The molecule has 3 N–H and O–H groups in total.